The second kappa shape index (κ2) is 7.31. The van der Waals surface area contributed by atoms with E-state index in [4.69, 9.17) is 0 Å². The zero-order valence-corrected chi connectivity index (χ0v) is 15.5. The lowest BCUT2D eigenvalue weighted by Crippen LogP contribution is -2.41. The summed E-state index contributed by atoms with van der Waals surface area (Å²) in [6.45, 7) is 5.86. The lowest BCUT2D eigenvalue weighted by atomic mass is 9.88. The Kier molecular flexibility index (Phi) is 4.91. The molecule has 1 saturated heterocycles. The molecule has 1 saturated carbocycles. The molecule has 1 aliphatic carbocycles. The molecular formula is C23H30N2. The third kappa shape index (κ3) is 3.26. The first-order chi connectivity index (χ1) is 12.3. The summed E-state index contributed by atoms with van der Waals surface area (Å²) in [5.41, 5.74) is 2.89. The molecule has 0 bridgehead atoms. The largest absolute Gasteiger partial charge is 0.279 e. The van der Waals surface area contributed by atoms with Crippen LogP contribution in [0.3, 0.4) is 0 Å². The maximum absolute atomic E-state index is 2.76. The van der Waals surface area contributed by atoms with Gasteiger partial charge in [0.25, 0.3) is 0 Å². The number of hydrogen-bond acceptors (Lipinski definition) is 2. The van der Waals surface area contributed by atoms with E-state index >= 15 is 0 Å². The highest BCUT2D eigenvalue weighted by Crippen LogP contribution is 2.41. The van der Waals surface area contributed by atoms with E-state index in [1.54, 1.807) is 0 Å². The highest BCUT2D eigenvalue weighted by molar-refractivity contribution is 5.22. The third-order valence-electron chi connectivity index (χ3n) is 6.43. The lowest BCUT2D eigenvalue weighted by molar-refractivity contribution is 0.149. The molecule has 132 valence electrons. The Bertz CT molecular complexity index is 610. The Hall–Kier alpha value is -1.64. The van der Waals surface area contributed by atoms with E-state index in [0.29, 0.717) is 24.2 Å². The van der Waals surface area contributed by atoms with E-state index in [2.05, 4.69) is 84.3 Å². The van der Waals surface area contributed by atoms with E-state index in [0.717, 1.165) is 6.67 Å². The smallest absolute Gasteiger partial charge is 0.0524 e. The predicted octanol–water partition coefficient (Wildman–Crippen LogP) is 5.40. The molecule has 0 spiro atoms. The Morgan fingerprint density at radius 3 is 1.48 bits per heavy atom. The van der Waals surface area contributed by atoms with Crippen LogP contribution in [0.25, 0.3) is 0 Å². The van der Waals surface area contributed by atoms with Crippen LogP contribution in [0.4, 0.5) is 0 Å². The van der Waals surface area contributed by atoms with Gasteiger partial charge in [0.15, 0.2) is 0 Å². The summed E-state index contributed by atoms with van der Waals surface area (Å²) in [5, 5.41) is 0. The Balaban J connectivity index is 1.59. The number of rotatable bonds is 4. The zero-order valence-electron chi connectivity index (χ0n) is 15.5. The Morgan fingerprint density at radius 1 is 0.680 bits per heavy atom. The molecule has 1 heterocycles. The molecule has 0 unspecified atom stereocenters. The number of nitrogens with zero attached hydrogens (tertiary/aromatic N) is 2. The van der Waals surface area contributed by atoms with Crippen LogP contribution in [0.15, 0.2) is 60.7 Å². The van der Waals surface area contributed by atoms with Gasteiger partial charge in [0, 0.05) is 24.2 Å². The van der Waals surface area contributed by atoms with Crippen LogP contribution in [-0.4, -0.2) is 28.6 Å². The molecule has 0 amide bonds. The van der Waals surface area contributed by atoms with E-state index in [-0.39, 0.29) is 0 Å². The van der Waals surface area contributed by atoms with Crippen molar-refractivity contribution in [2.45, 2.75) is 63.7 Å². The van der Waals surface area contributed by atoms with Gasteiger partial charge in [-0.2, -0.15) is 0 Å². The minimum atomic E-state index is 0.486. The first kappa shape index (κ1) is 16.8. The molecule has 4 atom stereocenters. The fourth-order valence-electron chi connectivity index (χ4n) is 4.93. The Labute approximate surface area is 152 Å². The van der Waals surface area contributed by atoms with E-state index in [9.17, 15) is 0 Å². The summed E-state index contributed by atoms with van der Waals surface area (Å²) in [6, 6.07) is 24.4. The van der Waals surface area contributed by atoms with Gasteiger partial charge in [-0.3, -0.25) is 9.80 Å². The zero-order chi connectivity index (χ0) is 17.2. The van der Waals surface area contributed by atoms with Gasteiger partial charge < -0.3 is 0 Å². The van der Waals surface area contributed by atoms with Gasteiger partial charge in [-0.15, -0.1) is 0 Å². The summed E-state index contributed by atoms with van der Waals surface area (Å²) in [4.78, 5) is 5.52. The van der Waals surface area contributed by atoms with Crippen molar-refractivity contribution in [2.24, 2.45) is 0 Å². The van der Waals surface area contributed by atoms with Gasteiger partial charge in [-0.25, -0.2) is 0 Å². The van der Waals surface area contributed by atoms with Crippen molar-refractivity contribution in [2.75, 3.05) is 6.67 Å². The van der Waals surface area contributed by atoms with Gasteiger partial charge in [-0.1, -0.05) is 73.5 Å². The van der Waals surface area contributed by atoms with Gasteiger partial charge >= 0.3 is 0 Å². The third-order valence-corrected chi connectivity index (χ3v) is 6.43. The average Bonchev–Trinajstić information content (AvgIpc) is 3.08. The van der Waals surface area contributed by atoms with Crippen molar-refractivity contribution < 1.29 is 0 Å². The standard InChI is InChI=1S/C23H30N2/c1-18(20-11-5-3-6-12-20)24-17-25(23-16-10-9-15-22(23)24)19(2)21-13-7-4-8-14-21/h3-8,11-14,18-19,22-23H,9-10,15-17H2,1-2H3/t18-,19-,22-,23-/m0/s1. The summed E-state index contributed by atoms with van der Waals surface area (Å²) in [5.74, 6) is 0. The molecule has 0 aromatic heterocycles. The number of hydrogen-bond donors (Lipinski definition) is 0. The van der Waals surface area contributed by atoms with Gasteiger partial charge in [0.05, 0.1) is 6.67 Å². The monoisotopic (exact) mass is 334 g/mol. The van der Waals surface area contributed by atoms with Crippen LogP contribution in [0.1, 0.15) is 62.7 Å². The molecule has 1 aliphatic heterocycles. The average molecular weight is 335 g/mol. The molecule has 0 N–H and O–H groups in total. The van der Waals surface area contributed by atoms with Crippen LogP contribution in [-0.2, 0) is 0 Å². The van der Waals surface area contributed by atoms with Crippen LogP contribution >= 0.6 is 0 Å². The van der Waals surface area contributed by atoms with Crippen LogP contribution in [0, 0.1) is 0 Å². The fourth-order valence-corrected chi connectivity index (χ4v) is 4.93. The molecular weight excluding hydrogens is 304 g/mol. The van der Waals surface area contributed by atoms with Gasteiger partial charge in [0.2, 0.25) is 0 Å². The van der Waals surface area contributed by atoms with Crippen molar-refractivity contribution >= 4 is 0 Å². The normalized spacial score (nSPS) is 27.0. The highest BCUT2D eigenvalue weighted by Gasteiger charge is 2.44. The van der Waals surface area contributed by atoms with Crippen molar-refractivity contribution in [3.63, 3.8) is 0 Å². The highest BCUT2D eigenvalue weighted by atomic mass is 15.4. The van der Waals surface area contributed by atoms with E-state index < -0.39 is 0 Å². The minimum absolute atomic E-state index is 0.486. The second-order valence-corrected chi connectivity index (χ2v) is 7.76. The molecule has 0 radical (unpaired) electrons. The molecule has 2 aromatic carbocycles. The molecule has 2 heteroatoms. The second-order valence-electron chi connectivity index (χ2n) is 7.76. The summed E-state index contributed by atoms with van der Waals surface area (Å²) < 4.78 is 0. The van der Waals surface area contributed by atoms with Crippen LogP contribution in [0.5, 0.6) is 0 Å². The first-order valence-electron chi connectivity index (χ1n) is 9.87. The molecule has 25 heavy (non-hydrogen) atoms. The van der Waals surface area contributed by atoms with Crippen LogP contribution < -0.4 is 0 Å². The summed E-state index contributed by atoms with van der Waals surface area (Å²) >= 11 is 0. The topological polar surface area (TPSA) is 6.48 Å². The number of benzene rings is 2. The first-order valence-corrected chi connectivity index (χ1v) is 9.87. The van der Waals surface area contributed by atoms with Crippen molar-refractivity contribution in [1.29, 1.82) is 0 Å². The summed E-state index contributed by atoms with van der Waals surface area (Å²) in [6.07, 6.45) is 5.46. The summed E-state index contributed by atoms with van der Waals surface area (Å²) in [7, 11) is 0. The molecule has 2 aromatic rings. The van der Waals surface area contributed by atoms with Crippen LogP contribution in [0.2, 0.25) is 0 Å². The molecule has 2 aliphatic rings. The van der Waals surface area contributed by atoms with Crippen molar-refractivity contribution in [3.8, 4) is 0 Å². The minimum Gasteiger partial charge on any atom is -0.279 e. The van der Waals surface area contributed by atoms with E-state index in [1.807, 2.05) is 0 Å². The fraction of sp³-hybridized carbons (Fsp3) is 0.478. The van der Waals surface area contributed by atoms with Crippen molar-refractivity contribution in [3.05, 3.63) is 71.8 Å². The number of fused-ring (bicyclic) bond motifs is 1. The molecule has 4 rings (SSSR count). The maximum atomic E-state index is 2.76. The van der Waals surface area contributed by atoms with Gasteiger partial charge in [-0.05, 0) is 37.8 Å². The molecule has 2 nitrogen and oxygen atoms in total. The lowest BCUT2D eigenvalue weighted by Gasteiger charge is -2.36. The maximum Gasteiger partial charge on any atom is 0.0524 e. The predicted molar refractivity (Wildman–Crippen MR) is 104 cm³/mol. The quantitative estimate of drug-likeness (QED) is 0.739. The Morgan fingerprint density at radius 2 is 1.08 bits per heavy atom. The van der Waals surface area contributed by atoms with Gasteiger partial charge in [0.1, 0.15) is 0 Å². The molecule has 2 fully saturated rings. The van der Waals surface area contributed by atoms with E-state index in [1.165, 1.54) is 36.8 Å². The SMILES string of the molecule is C[C@@H](c1ccccc1)N1CN([C@@H](C)c2ccccc2)[C@H]2CCCC[C@@H]21. The van der Waals surface area contributed by atoms with Crippen molar-refractivity contribution in [1.82, 2.24) is 9.80 Å².